The number of ether oxygens (including phenoxy) is 3. The molecule has 1 aliphatic carbocycles. The van der Waals surface area contributed by atoms with Crippen molar-refractivity contribution in [2.45, 2.75) is 37.9 Å². The molecule has 0 aromatic heterocycles. The Kier molecular flexibility index (Phi) is 6.39. The minimum atomic E-state index is -0.887. The molecule has 4 rings (SSSR count). The zero-order valence-electron chi connectivity index (χ0n) is 18.8. The number of nitrogens with zero attached hydrogens (tertiary/aromatic N) is 1. The number of methoxy groups -OCH3 is 3. The zero-order chi connectivity index (χ0) is 23.5. The Morgan fingerprint density at radius 2 is 1.76 bits per heavy atom. The van der Waals surface area contributed by atoms with Crippen LogP contribution in [0.5, 0.6) is 17.2 Å². The van der Waals surface area contributed by atoms with Gasteiger partial charge in [-0.25, -0.2) is 4.79 Å². The van der Waals surface area contributed by atoms with Gasteiger partial charge in [-0.2, -0.15) is 0 Å². The molecule has 2 N–H and O–H groups in total. The molecule has 2 aromatic carbocycles. The van der Waals surface area contributed by atoms with Crippen molar-refractivity contribution < 1.29 is 28.6 Å². The average Bonchev–Trinajstić information content (AvgIpc) is 3.33. The molecule has 4 amide bonds. The monoisotopic (exact) mass is 453 g/mol. The van der Waals surface area contributed by atoms with Crippen LogP contribution in [0.4, 0.5) is 4.79 Å². The summed E-state index contributed by atoms with van der Waals surface area (Å²) in [6.45, 7) is 0.129. The van der Waals surface area contributed by atoms with Crippen LogP contribution in [0.2, 0.25) is 0 Å². The maximum absolute atomic E-state index is 12.8. The quantitative estimate of drug-likeness (QED) is 0.595. The number of carbonyl (C=O) groups excluding carboxylic acids is 3. The van der Waals surface area contributed by atoms with E-state index in [0.29, 0.717) is 17.2 Å². The fourth-order valence-electron chi connectivity index (χ4n) is 4.30. The molecule has 9 heteroatoms. The smallest absolute Gasteiger partial charge is 0.325 e. The molecule has 1 heterocycles. The molecule has 1 aliphatic heterocycles. The molecule has 2 aliphatic rings. The van der Waals surface area contributed by atoms with Crippen LogP contribution in [0, 0.1) is 0 Å². The lowest BCUT2D eigenvalue weighted by atomic mass is 10.1. The van der Waals surface area contributed by atoms with Crippen molar-refractivity contribution in [3.05, 3.63) is 53.1 Å². The van der Waals surface area contributed by atoms with Gasteiger partial charge in [-0.15, -0.1) is 0 Å². The predicted octanol–water partition coefficient (Wildman–Crippen LogP) is 2.33. The number of hydrogen-bond donors (Lipinski definition) is 2. The normalized spacial score (nSPS) is 19.2. The highest BCUT2D eigenvalue weighted by molar-refractivity contribution is 6.05. The second-order valence-electron chi connectivity index (χ2n) is 8.04. The first-order chi connectivity index (χ1) is 15.9. The number of fused-ring (bicyclic) bond motifs is 1. The number of benzene rings is 2. The first-order valence-corrected chi connectivity index (χ1v) is 10.7. The number of rotatable bonds is 8. The van der Waals surface area contributed by atoms with Crippen LogP contribution >= 0.6 is 0 Å². The van der Waals surface area contributed by atoms with E-state index in [0.717, 1.165) is 34.4 Å². The number of aryl methyl sites for hydroxylation is 1. The number of carbonyl (C=O) groups is 3. The van der Waals surface area contributed by atoms with Crippen molar-refractivity contribution in [1.82, 2.24) is 15.5 Å². The van der Waals surface area contributed by atoms with Gasteiger partial charge < -0.3 is 24.8 Å². The Bertz CT molecular complexity index is 1070. The second kappa shape index (κ2) is 9.40. The summed E-state index contributed by atoms with van der Waals surface area (Å²) in [6.07, 6.45) is 1.42. The summed E-state index contributed by atoms with van der Waals surface area (Å²) in [5.74, 6) is 1.23. The molecular formula is C24H27N3O6. The Hall–Kier alpha value is -3.75. The first kappa shape index (κ1) is 22.4. The van der Waals surface area contributed by atoms with E-state index in [1.807, 2.05) is 12.1 Å². The fraction of sp³-hybridized carbons (Fsp3) is 0.375. The third kappa shape index (κ3) is 4.57. The van der Waals surface area contributed by atoms with Crippen LogP contribution in [-0.4, -0.2) is 50.1 Å². The summed E-state index contributed by atoms with van der Waals surface area (Å²) >= 11 is 0. The molecule has 1 fully saturated rings. The van der Waals surface area contributed by atoms with Crippen molar-refractivity contribution >= 4 is 17.8 Å². The predicted molar refractivity (Wildman–Crippen MR) is 119 cm³/mol. The van der Waals surface area contributed by atoms with E-state index in [1.165, 1.54) is 0 Å². The van der Waals surface area contributed by atoms with Gasteiger partial charge in [0.1, 0.15) is 11.8 Å². The van der Waals surface area contributed by atoms with Gasteiger partial charge >= 0.3 is 6.03 Å². The third-order valence-electron chi connectivity index (χ3n) is 6.05. The first-order valence-electron chi connectivity index (χ1n) is 10.7. The summed E-state index contributed by atoms with van der Waals surface area (Å²) in [5, 5.41) is 5.61. The van der Waals surface area contributed by atoms with Crippen LogP contribution in [0.3, 0.4) is 0 Å². The van der Waals surface area contributed by atoms with Gasteiger partial charge in [-0.05, 0) is 53.8 Å². The summed E-state index contributed by atoms with van der Waals surface area (Å²) in [4.78, 5) is 39.0. The second-order valence-corrected chi connectivity index (χ2v) is 8.04. The van der Waals surface area contributed by atoms with Crippen LogP contribution < -0.4 is 24.8 Å². The lowest BCUT2D eigenvalue weighted by Gasteiger charge is -2.17. The van der Waals surface area contributed by atoms with Crippen LogP contribution in [0.1, 0.15) is 35.6 Å². The maximum atomic E-state index is 12.8. The molecular weight excluding hydrogens is 426 g/mol. The highest BCUT2D eigenvalue weighted by Crippen LogP contribution is 2.39. The molecule has 0 saturated carbocycles. The van der Waals surface area contributed by atoms with Gasteiger partial charge in [0.15, 0.2) is 11.5 Å². The SMILES string of the molecule is COc1ccc(CN2C(=O)N[C@@H](CC(=O)NC3CCc4cc(OC)c(OC)cc43)C2=O)cc1. The van der Waals surface area contributed by atoms with Crippen molar-refractivity contribution in [3.8, 4) is 17.2 Å². The number of hydrogen-bond acceptors (Lipinski definition) is 6. The van der Waals surface area contributed by atoms with Gasteiger partial charge in [0.05, 0.1) is 40.3 Å². The zero-order valence-corrected chi connectivity index (χ0v) is 18.8. The van der Waals surface area contributed by atoms with Gasteiger partial charge in [-0.3, -0.25) is 14.5 Å². The Morgan fingerprint density at radius 3 is 2.42 bits per heavy atom. The highest BCUT2D eigenvalue weighted by Gasteiger charge is 2.39. The molecule has 33 heavy (non-hydrogen) atoms. The number of imide groups is 1. The molecule has 0 spiro atoms. The fourth-order valence-corrected chi connectivity index (χ4v) is 4.30. The Labute approximate surface area is 192 Å². The van der Waals surface area contributed by atoms with Crippen LogP contribution in [0.15, 0.2) is 36.4 Å². The largest absolute Gasteiger partial charge is 0.497 e. The molecule has 1 saturated heterocycles. The average molecular weight is 453 g/mol. The van der Waals surface area contributed by atoms with E-state index in [2.05, 4.69) is 10.6 Å². The van der Waals surface area contributed by atoms with Crippen LogP contribution in [-0.2, 0) is 22.6 Å². The van der Waals surface area contributed by atoms with Crippen LogP contribution in [0.25, 0.3) is 0 Å². The van der Waals surface area contributed by atoms with Crippen molar-refractivity contribution in [1.29, 1.82) is 0 Å². The summed E-state index contributed by atoms with van der Waals surface area (Å²) in [7, 11) is 4.72. The number of urea groups is 1. The maximum Gasteiger partial charge on any atom is 0.325 e. The minimum Gasteiger partial charge on any atom is -0.497 e. The number of nitrogens with one attached hydrogen (secondary N) is 2. The standard InChI is InChI=1S/C24H27N3O6/c1-31-16-7-4-14(5-8-16)13-27-23(29)19(26-24(27)30)12-22(28)25-18-9-6-15-10-20(32-2)21(33-3)11-17(15)18/h4-5,7-8,10-11,18-19H,6,9,12-13H2,1-3H3,(H,25,28)(H,26,30)/t18?,19-/m0/s1. The van der Waals surface area contributed by atoms with Crippen molar-refractivity contribution in [3.63, 3.8) is 0 Å². The summed E-state index contributed by atoms with van der Waals surface area (Å²) < 4.78 is 15.9. The molecule has 2 aromatic rings. The minimum absolute atomic E-state index is 0.122. The summed E-state index contributed by atoms with van der Waals surface area (Å²) in [5.41, 5.74) is 2.86. The summed E-state index contributed by atoms with van der Waals surface area (Å²) in [6, 6.07) is 9.35. The van der Waals surface area contributed by atoms with Gasteiger partial charge in [-0.1, -0.05) is 12.1 Å². The Morgan fingerprint density at radius 1 is 1.06 bits per heavy atom. The molecule has 0 bridgehead atoms. The molecule has 174 valence electrons. The topological polar surface area (TPSA) is 106 Å². The van der Waals surface area contributed by atoms with E-state index >= 15 is 0 Å². The van der Waals surface area contributed by atoms with E-state index in [-0.39, 0.29) is 24.9 Å². The van der Waals surface area contributed by atoms with E-state index < -0.39 is 18.0 Å². The third-order valence-corrected chi connectivity index (χ3v) is 6.05. The van der Waals surface area contributed by atoms with Gasteiger partial charge in [0.2, 0.25) is 5.91 Å². The molecule has 0 radical (unpaired) electrons. The highest BCUT2D eigenvalue weighted by atomic mass is 16.5. The van der Waals surface area contributed by atoms with Crippen molar-refractivity contribution in [2.75, 3.05) is 21.3 Å². The lowest BCUT2D eigenvalue weighted by molar-refractivity contribution is -0.131. The van der Waals surface area contributed by atoms with Gasteiger partial charge in [0, 0.05) is 0 Å². The molecule has 2 atom stereocenters. The van der Waals surface area contributed by atoms with Crippen molar-refractivity contribution in [2.24, 2.45) is 0 Å². The van der Waals surface area contributed by atoms with E-state index in [9.17, 15) is 14.4 Å². The molecule has 9 nitrogen and oxygen atoms in total. The van der Waals surface area contributed by atoms with Gasteiger partial charge in [0.25, 0.3) is 5.91 Å². The molecule has 1 unspecified atom stereocenters. The number of amides is 4. The lowest BCUT2D eigenvalue weighted by Crippen LogP contribution is -2.37. The Balaban J connectivity index is 1.38. The van der Waals surface area contributed by atoms with E-state index in [1.54, 1.807) is 45.6 Å². The van der Waals surface area contributed by atoms with E-state index in [4.69, 9.17) is 14.2 Å².